The number of nitrogens with two attached hydrogens (primary N) is 1. The predicted molar refractivity (Wildman–Crippen MR) is 77.2 cm³/mol. The van der Waals surface area contributed by atoms with Gasteiger partial charge in [-0.05, 0) is 31.0 Å². The normalized spacial score (nSPS) is 15.1. The van der Waals surface area contributed by atoms with E-state index in [4.69, 9.17) is 5.73 Å². The van der Waals surface area contributed by atoms with Crippen LogP contribution >= 0.6 is 12.2 Å². The highest BCUT2D eigenvalue weighted by molar-refractivity contribution is 7.80. The first-order valence-corrected chi connectivity index (χ1v) is 6.77. The Labute approximate surface area is 125 Å². The van der Waals surface area contributed by atoms with Gasteiger partial charge in [0.05, 0.1) is 5.56 Å². The second-order valence-electron chi connectivity index (χ2n) is 4.75. The van der Waals surface area contributed by atoms with Crippen LogP contribution in [0.4, 0.5) is 23.7 Å². The van der Waals surface area contributed by atoms with E-state index in [0.717, 1.165) is 18.9 Å². The van der Waals surface area contributed by atoms with E-state index in [9.17, 15) is 18.0 Å². The quantitative estimate of drug-likeness (QED) is 0.825. The summed E-state index contributed by atoms with van der Waals surface area (Å²) in [7, 11) is 0. The van der Waals surface area contributed by atoms with Crippen LogP contribution in [-0.2, 0) is 6.18 Å². The van der Waals surface area contributed by atoms with E-state index in [1.807, 2.05) is 0 Å². The van der Waals surface area contributed by atoms with Crippen molar-refractivity contribution in [1.29, 1.82) is 0 Å². The van der Waals surface area contributed by atoms with Crippen molar-refractivity contribution in [2.45, 2.75) is 19.0 Å². The summed E-state index contributed by atoms with van der Waals surface area (Å²) in [5.74, 6) is 0. The molecule has 0 saturated carbocycles. The van der Waals surface area contributed by atoms with Crippen LogP contribution in [0.15, 0.2) is 18.2 Å². The predicted octanol–water partition coefficient (Wildman–Crippen LogP) is 2.97. The summed E-state index contributed by atoms with van der Waals surface area (Å²) >= 11 is 4.62. The summed E-state index contributed by atoms with van der Waals surface area (Å²) in [6, 6.07) is 2.98. The summed E-state index contributed by atoms with van der Waals surface area (Å²) in [6.07, 6.45) is -2.78. The lowest BCUT2D eigenvalue weighted by Crippen LogP contribution is -2.32. The van der Waals surface area contributed by atoms with Gasteiger partial charge in [0.25, 0.3) is 0 Å². The number of benzene rings is 1. The zero-order chi connectivity index (χ0) is 15.6. The molecule has 4 nitrogen and oxygen atoms in total. The number of rotatable bonds is 2. The fourth-order valence-electron chi connectivity index (χ4n) is 2.19. The zero-order valence-electron chi connectivity index (χ0n) is 11.0. The van der Waals surface area contributed by atoms with Crippen LogP contribution in [-0.4, -0.2) is 29.0 Å². The van der Waals surface area contributed by atoms with E-state index in [1.165, 1.54) is 12.1 Å². The third kappa shape index (κ3) is 3.63. The number of urea groups is 1. The number of hydrogen-bond acceptors (Lipinski definition) is 2. The lowest BCUT2D eigenvalue weighted by molar-refractivity contribution is -0.137. The Kier molecular flexibility index (Phi) is 4.36. The molecule has 0 aromatic heterocycles. The number of carbonyl (C=O) groups excluding carboxylic acids is 1. The topological polar surface area (TPSA) is 58.4 Å². The second kappa shape index (κ2) is 5.88. The summed E-state index contributed by atoms with van der Waals surface area (Å²) in [5.41, 5.74) is 4.16. The van der Waals surface area contributed by atoms with Gasteiger partial charge in [0.15, 0.2) is 0 Å². The van der Waals surface area contributed by atoms with Crippen LogP contribution in [0.1, 0.15) is 24.0 Å². The highest BCUT2D eigenvalue weighted by atomic mass is 32.1. The SMILES string of the molecule is NC(=S)c1ccc(NC(=O)N2CCCC2)cc1C(F)(F)F. The third-order valence-electron chi connectivity index (χ3n) is 3.23. The molecule has 0 unspecified atom stereocenters. The van der Waals surface area contributed by atoms with Crippen molar-refractivity contribution in [2.24, 2.45) is 5.73 Å². The van der Waals surface area contributed by atoms with Gasteiger partial charge < -0.3 is 16.0 Å². The zero-order valence-corrected chi connectivity index (χ0v) is 11.9. The van der Waals surface area contributed by atoms with Crippen LogP contribution in [0, 0.1) is 0 Å². The van der Waals surface area contributed by atoms with Crippen LogP contribution < -0.4 is 11.1 Å². The van der Waals surface area contributed by atoms with Crippen molar-refractivity contribution in [1.82, 2.24) is 4.90 Å². The number of likely N-dealkylation sites (tertiary alicyclic amines) is 1. The van der Waals surface area contributed by atoms with Gasteiger partial charge in [-0.15, -0.1) is 0 Å². The molecule has 1 heterocycles. The van der Waals surface area contributed by atoms with Gasteiger partial charge in [0.1, 0.15) is 4.99 Å². The van der Waals surface area contributed by atoms with Gasteiger partial charge in [-0.25, -0.2) is 4.79 Å². The van der Waals surface area contributed by atoms with Crippen molar-refractivity contribution in [3.63, 3.8) is 0 Å². The summed E-state index contributed by atoms with van der Waals surface area (Å²) in [6.45, 7) is 1.23. The van der Waals surface area contributed by atoms with E-state index < -0.39 is 17.8 Å². The summed E-state index contributed by atoms with van der Waals surface area (Å²) in [5, 5.41) is 2.47. The smallest absolute Gasteiger partial charge is 0.389 e. The molecule has 1 fully saturated rings. The standard InChI is InChI=1S/C13H14F3N3OS/c14-13(15,16)10-7-8(3-4-9(10)11(17)21)18-12(20)19-5-1-2-6-19/h3-4,7H,1-2,5-6H2,(H2,17,21)(H,18,20). The van der Waals surface area contributed by atoms with Crippen LogP contribution in [0.2, 0.25) is 0 Å². The van der Waals surface area contributed by atoms with E-state index in [2.05, 4.69) is 17.5 Å². The molecule has 21 heavy (non-hydrogen) atoms. The largest absolute Gasteiger partial charge is 0.417 e. The van der Waals surface area contributed by atoms with Gasteiger partial charge in [0.2, 0.25) is 0 Å². The molecule has 0 radical (unpaired) electrons. The molecule has 2 rings (SSSR count). The van der Waals surface area contributed by atoms with Crippen LogP contribution in [0.25, 0.3) is 0 Å². The molecule has 1 aliphatic rings. The molecule has 0 bridgehead atoms. The van der Waals surface area contributed by atoms with Gasteiger partial charge in [0, 0.05) is 24.3 Å². The minimum Gasteiger partial charge on any atom is -0.389 e. The highest BCUT2D eigenvalue weighted by Gasteiger charge is 2.34. The number of thiocarbonyl (C=S) groups is 1. The van der Waals surface area contributed by atoms with E-state index in [-0.39, 0.29) is 16.2 Å². The van der Waals surface area contributed by atoms with Gasteiger partial charge in [-0.1, -0.05) is 12.2 Å². The Bertz CT molecular complexity index is 568. The van der Waals surface area contributed by atoms with Crippen molar-refractivity contribution >= 4 is 28.9 Å². The molecule has 1 aliphatic heterocycles. The average molecular weight is 317 g/mol. The molecular weight excluding hydrogens is 303 g/mol. The fraction of sp³-hybridized carbons (Fsp3) is 0.385. The highest BCUT2D eigenvalue weighted by Crippen LogP contribution is 2.34. The lowest BCUT2D eigenvalue weighted by atomic mass is 10.1. The van der Waals surface area contributed by atoms with Gasteiger partial charge in [-0.2, -0.15) is 13.2 Å². The lowest BCUT2D eigenvalue weighted by Gasteiger charge is -2.18. The Morgan fingerprint density at radius 2 is 1.90 bits per heavy atom. The van der Waals surface area contributed by atoms with E-state index in [0.29, 0.717) is 13.1 Å². The number of hydrogen-bond donors (Lipinski definition) is 2. The average Bonchev–Trinajstić information content (AvgIpc) is 2.91. The Hall–Kier alpha value is -1.83. The molecule has 3 N–H and O–H groups in total. The van der Waals surface area contributed by atoms with Crippen molar-refractivity contribution in [3.05, 3.63) is 29.3 Å². The minimum absolute atomic E-state index is 0.0687. The second-order valence-corrected chi connectivity index (χ2v) is 5.19. The fourth-order valence-corrected chi connectivity index (χ4v) is 2.37. The van der Waals surface area contributed by atoms with Gasteiger partial charge in [-0.3, -0.25) is 0 Å². The number of nitrogens with one attached hydrogen (secondary N) is 1. The van der Waals surface area contributed by atoms with E-state index in [1.54, 1.807) is 4.90 Å². The molecule has 1 saturated heterocycles. The maximum atomic E-state index is 13.0. The molecule has 8 heteroatoms. The third-order valence-corrected chi connectivity index (χ3v) is 3.45. The Morgan fingerprint density at radius 1 is 1.29 bits per heavy atom. The van der Waals surface area contributed by atoms with Crippen molar-refractivity contribution in [3.8, 4) is 0 Å². The molecule has 0 aliphatic carbocycles. The Balaban J connectivity index is 2.25. The first-order chi connectivity index (χ1) is 9.79. The maximum Gasteiger partial charge on any atom is 0.417 e. The van der Waals surface area contributed by atoms with Gasteiger partial charge >= 0.3 is 12.2 Å². The first-order valence-electron chi connectivity index (χ1n) is 6.36. The van der Waals surface area contributed by atoms with Crippen molar-refractivity contribution in [2.75, 3.05) is 18.4 Å². The number of anilines is 1. The van der Waals surface area contributed by atoms with Crippen LogP contribution in [0.3, 0.4) is 0 Å². The van der Waals surface area contributed by atoms with Crippen molar-refractivity contribution < 1.29 is 18.0 Å². The molecule has 0 atom stereocenters. The molecular formula is C13H14F3N3OS. The first kappa shape index (κ1) is 15.6. The number of alkyl halides is 3. The monoisotopic (exact) mass is 317 g/mol. The number of nitrogens with zero attached hydrogens (tertiary/aromatic N) is 1. The minimum atomic E-state index is -4.59. The van der Waals surface area contributed by atoms with Crippen LogP contribution in [0.5, 0.6) is 0 Å². The number of carbonyl (C=O) groups is 1. The number of amides is 2. The molecule has 0 spiro atoms. The molecule has 114 valence electrons. The van der Waals surface area contributed by atoms with E-state index >= 15 is 0 Å². The summed E-state index contributed by atoms with van der Waals surface area (Å²) in [4.78, 5) is 13.1. The molecule has 1 aromatic carbocycles. The Morgan fingerprint density at radius 3 is 2.43 bits per heavy atom. The molecule has 2 amide bonds. The summed E-state index contributed by atoms with van der Waals surface area (Å²) < 4.78 is 39.0. The maximum absolute atomic E-state index is 13.0. The molecule has 1 aromatic rings. The number of halogens is 3.